The van der Waals surface area contributed by atoms with Crippen LogP contribution in [-0.2, 0) is 46.4 Å². The van der Waals surface area contributed by atoms with Crippen molar-refractivity contribution < 1.29 is 83.0 Å². The number of azo groups is 2. The molecule has 2 aliphatic rings. The van der Waals surface area contributed by atoms with E-state index in [9.17, 15) is 36.6 Å². The number of aromatic hydroxyl groups is 2. The number of anilines is 2. The third kappa shape index (κ3) is 11.1. The molecule has 4 N–H and O–H groups in total. The molecule has 1 radical (unpaired) electrons. The fraction of sp³-hybridized carbons (Fsp3) is 0.176. The Morgan fingerprint density at radius 2 is 1.00 bits per heavy atom. The smallest absolute Gasteiger partial charge is 0.506 e. The second-order valence-corrected chi connectivity index (χ2v) is 16.3. The Kier molecular flexibility index (Phi) is 16.8. The van der Waals surface area contributed by atoms with Crippen molar-refractivity contribution in [1.82, 2.24) is 9.44 Å². The van der Waals surface area contributed by atoms with Crippen molar-refractivity contribution in [3.8, 4) is 11.5 Å². The molecule has 24 heteroatoms. The van der Waals surface area contributed by atoms with Gasteiger partial charge in [0.1, 0.15) is 22.9 Å². The topological polar surface area (TPSA) is 248 Å². The molecule has 2 heterocycles. The van der Waals surface area contributed by atoms with Gasteiger partial charge in [-0.3, -0.25) is 9.59 Å². The first-order valence-corrected chi connectivity index (χ1v) is 19.8. The van der Waals surface area contributed by atoms with E-state index in [0.29, 0.717) is 32.8 Å². The van der Waals surface area contributed by atoms with Gasteiger partial charge in [0.25, 0.3) is 11.8 Å². The summed E-state index contributed by atoms with van der Waals surface area (Å²) in [6.07, 6.45) is 0. The SMILES string of the molecule is CNS(=O)(=O)c1ccc(O)c(N=NC2C(=O)N(c3cccc(Cl)c3)N=C2C)c1.CNS(=O)(=O)c1ccc(O)c(N=NC2C(=O)N(c3cccc(Cl)c3)N=C2C)c1.[Co].[Na+]. The number of amides is 2. The van der Waals surface area contributed by atoms with Crippen molar-refractivity contribution in [1.29, 1.82) is 0 Å². The number of carbonyl (C=O) groups excluding carboxylic acids is 2. The molecule has 0 spiro atoms. The van der Waals surface area contributed by atoms with E-state index in [4.69, 9.17) is 23.2 Å². The first kappa shape index (κ1) is 48.2. The molecule has 4 aromatic rings. The average Bonchev–Trinajstić information content (AvgIpc) is 3.62. The molecule has 2 amide bonds. The fourth-order valence-electron chi connectivity index (χ4n) is 4.94. The number of sulfonamides is 2. The van der Waals surface area contributed by atoms with E-state index in [1.54, 1.807) is 62.4 Å². The minimum absolute atomic E-state index is 0. The summed E-state index contributed by atoms with van der Waals surface area (Å²) < 4.78 is 51.9. The van der Waals surface area contributed by atoms with E-state index in [0.717, 1.165) is 12.1 Å². The maximum Gasteiger partial charge on any atom is 1.00 e. The Balaban J connectivity index is 0.000000300. The normalized spacial score (nSPS) is 16.8. The van der Waals surface area contributed by atoms with Crippen molar-refractivity contribution >= 4 is 89.2 Å². The number of carbonyl (C=O) groups is 2. The predicted octanol–water partition coefficient (Wildman–Crippen LogP) is 2.66. The van der Waals surface area contributed by atoms with E-state index < -0.39 is 43.9 Å². The number of nitrogens with zero attached hydrogens (tertiary/aromatic N) is 8. The summed E-state index contributed by atoms with van der Waals surface area (Å²) in [6.45, 7) is 3.24. The largest absolute Gasteiger partial charge is 1.00 e. The van der Waals surface area contributed by atoms with Crippen molar-refractivity contribution in [3.05, 3.63) is 95.0 Å². The standard InChI is InChI=1S/2C17H16ClN5O4S.Co.Na/c2*1-10-16(17(25)23(22-10)12-5-3-4-11(18)8-12)21-20-14-9-13(6-7-15(14)24)28(26,27)19-2;;/h2*3-9,16,19,24H,1-2H3;;/q;;;+1. The first-order valence-electron chi connectivity index (χ1n) is 16.1. The predicted molar refractivity (Wildman–Crippen MR) is 209 cm³/mol. The molecule has 4 aromatic carbocycles. The van der Waals surface area contributed by atoms with Gasteiger partial charge < -0.3 is 10.2 Å². The number of halogens is 2. The number of phenolic OH excluding ortho intramolecular Hbond substituents is 2. The molecule has 18 nitrogen and oxygen atoms in total. The van der Waals surface area contributed by atoms with Crippen LogP contribution in [0.25, 0.3) is 0 Å². The Morgan fingerprint density at radius 1 is 0.638 bits per heavy atom. The molecule has 58 heavy (non-hydrogen) atoms. The molecule has 6 rings (SSSR count). The third-order valence-corrected chi connectivity index (χ3v) is 11.2. The molecule has 0 aliphatic carbocycles. The van der Waals surface area contributed by atoms with Crippen molar-refractivity contribution in [2.75, 3.05) is 24.1 Å². The maximum absolute atomic E-state index is 12.7. The molecule has 2 unspecified atom stereocenters. The summed E-state index contributed by atoms with van der Waals surface area (Å²) in [5, 5.41) is 47.1. The van der Waals surface area contributed by atoms with Crippen molar-refractivity contribution in [2.45, 2.75) is 35.7 Å². The van der Waals surface area contributed by atoms with Crippen molar-refractivity contribution in [3.63, 3.8) is 0 Å². The van der Waals surface area contributed by atoms with E-state index in [2.05, 4.69) is 40.1 Å². The molecule has 0 saturated carbocycles. The van der Waals surface area contributed by atoms with E-state index in [1.807, 2.05) is 0 Å². The molecule has 0 bridgehead atoms. The number of hydrogen-bond donors (Lipinski definition) is 4. The van der Waals surface area contributed by atoms with Crippen LogP contribution in [0.3, 0.4) is 0 Å². The van der Waals surface area contributed by atoms with Gasteiger partial charge in [-0.15, -0.1) is 0 Å². The van der Waals surface area contributed by atoms with Crippen LogP contribution in [0.2, 0.25) is 10.0 Å². The van der Waals surface area contributed by atoms with Gasteiger partial charge in [0.05, 0.1) is 32.6 Å². The van der Waals surface area contributed by atoms with Gasteiger partial charge in [-0.25, -0.2) is 26.3 Å². The number of hydrogen-bond acceptors (Lipinski definition) is 14. The van der Waals surface area contributed by atoms with Gasteiger partial charge in [0, 0.05) is 26.8 Å². The molecule has 0 fully saturated rings. The van der Waals surface area contributed by atoms with Gasteiger partial charge >= 0.3 is 29.6 Å². The van der Waals surface area contributed by atoms with E-state index >= 15 is 0 Å². The van der Waals surface area contributed by atoms with Gasteiger partial charge in [-0.05, 0) is 101 Å². The Morgan fingerprint density at radius 3 is 1.33 bits per heavy atom. The summed E-state index contributed by atoms with van der Waals surface area (Å²) in [4.78, 5) is 25.1. The minimum Gasteiger partial charge on any atom is -0.506 e. The molecule has 0 saturated heterocycles. The monoisotopic (exact) mass is 924 g/mol. The van der Waals surface area contributed by atoms with Gasteiger partial charge in [0.15, 0.2) is 12.1 Å². The molecule has 2 aliphatic heterocycles. The zero-order valence-electron chi connectivity index (χ0n) is 31.1. The summed E-state index contributed by atoms with van der Waals surface area (Å²) in [7, 11) is -4.90. The molecular formula is C34H32Cl2CoN10NaO8S2+. The van der Waals surface area contributed by atoms with E-state index in [-0.39, 0.29) is 79.0 Å². The molecule has 301 valence electrons. The van der Waals surface area contributed by atoms with Crippen molar-refractivity contribution in [2.24, 2.45) is 30.7 Å². The zero-order valence-corrected chi connectivity index (χ0v) is 37.3. The number of hydrazone groups is 2. The Bertz CT molecular complexity index is 2390. The second kappa shape index (κ2) is 20.2. The quantitative estimate of drug-likeness (QED) is 0.136. The van der Waals surface area contributed by atoms with Crippen LogP contribution in [0.15, 0.2) is 125 Å². The van der Waals surface area contributed by atoms with Crippen LogP contribution in [0, 0.1) is 0 Å². The first-order chi connectivity index (χ1) is 26.4. The van der Waals surface area contributed by atoms with Crippen LogP contribution >= 0.6 is 23.2 Å². The Labute approximate surface area is 375 Å². The summed E-state index contributed by atoms with van der Waals surface area (Å²) in [5.41, 5.74) is 1.59. The molecule has 2 atom stereocenters. The van der Waals surface area contributed by atoms with Crippen LogP contribution < -0.4 is 49.0 Å². The third-order valence-electron chi connectivity index (χ3n) is 7.91. The molecular weight excluding hydrogens is 893 g/mol. The zero-order chi connectivity index (χ0) is 40.9. The van der Waals surface area contributed by atoms with Gasteiger partial charge in [-0.1, -0.05) is 35.3 Å². The van der Waals surface area contributed by atoms with Crippen LogP contribution in [0.4, 0.5) is 22.7 Å². The number of benzene rings is 4. The second-order valence-electron chi connectivity index (χ2n) is 11.7. The number of rotatable bonds is 10. The minimum atomic E-state index is -3.72. The summed E-state index contributed by atoms with van der Waals surface area (Å²) >= 11 is 11.9. The fourth-order valence-corrected chi connectivity index (χ4v) is 6.81. The van der Waals surface area contributed by atoms with E-state index in [1.165, 1.54) is 48.4 Å². The van der Waals surface area contributed by atoms with Gasteiger partial charge in [-0.2, -0.15) is 40.7 Å². The number of nitrogens with one attached hydrogen (secondary N) is 2. The van der Waals surface area contributed by atoms with Crippen LogP contribution in [-0.4, -0.2) is 76.5 Å². The maximum atomic E-state index is 12.7. The Hall–Kier alpha value is -4.13. The summed E-state index contributed by atoms with van der Waals surface area (Å²) in [5.74, 6) is -1.43. The van der Waals surface area contributed by atoms with Crippen LogP contribution in [0.5, 0.6) is 11.5 Å². The van der Waals surface area contributed by atoms with Crippen LogP contribution in [0.1, 0.15) is 13.8 Å². The number of phenols is 2. The van der Waals surface area contributed by atoms with Gasteiger partial charge in [0.2, 0.25) is 20.0 Å². The summed E-state index contributed by atoms with van der Waals surface area (Å²) in [6, 6.07) is 18.4. The molecule has 0 aromatic heterocycles. The average molecular weight is 926 g/mol.